The number of carbonyl (C=O) groups is 1. The van der Waals surface area contributed by atoms with Gasteiger partial charge in [-0.15, -0.1) is 0 Å². The smallest absolute Gasteiger partial charge is 0.184 e. The molecule has 3 fully saturated rings. The van der Waals surface area contributed by atoms with E-state index in [-0.39, 0.29) is 5.41 Å². The second-order valence-corrected chi connectivity index (χ2v) is 15.4. The molecule has 0 amide bonds. The number of fused-ring (bicyclic) bond motifs is 5. The first kappa shape index (κ1) is 19.8. The average molecular weight is 391 g/mol. The number of methoxy groups -OCH3 is 1. The van der Waals surface area contributed by atoms with Crippen molar-refractivity contribution in [1.29, 1.82) is 0 Å². The van der Waals surface area contributed by atoms with E-state index in [9.17, 15) is 4.79 Å². The number of hydrogen-bond acceptors (Lipinski definition) is 3. The molecule has 0 unspecified atom stereocenters. The van der Waals surface area contributed by atoms with Crippen LogP contribution in [0.2, 0.25) is 19.6 Å². The Labute approximate surface area is 166 Å². The Bertz CT molecular complexity index is 636. The molecule has 0 aliphatic heterocycles. The maximum absolute atomic E-state index is 12.1. The van der Waals surface area contributed by atoms with Crippen LogP contribution in [-0.4, -0.2) is 33.9 Å². The summed E-state index contributed by atoms with van der Waals surface area (Å²) >= 11 is 0. The highest BCUT2D eigenvalue weighted by molar-refractivity contribution is 6.69. The number of ether oxygens (including phenoxy) is 1. The Hall–Kier alpha value is -0.453. The summed E-state index contributed by atoms with van der Waals surface area (Å²) in [5.41, 5.74) is 1.89. The zero-order valence-electron chi connectivity index (χ0n) is 18.0. The van der Waals surface area contributed by atoms with Crippen molar-refractivity contribution in [3.63, 3.8) is 0 Å². The number of rotatable bonds is 4. The first-order valence-corrected chi connectivity index (χ1v) is 14.5. The highest BCUT2D eigenvalue weighted by atomic mass is 28.4. The van der Waals surface area contributed by atoms with E-state index >= 15 is 0 Å². The lowest BCUT2D eigenvalue weighted by Crippen LogP contribution is -2.54. The minimum atomic E-state index is -1.52. The van der Waals surface area contributed by atoms with Crippen molar-refractivity contribution in [2.45, 2.75) is 84.0 Å². The van der Waals surface area contributed by atoms with E-state index in [1.165, 1.54) is 37.7 Å². The molecule has 3 nitrogen and oxygen atoms in total. The normalized spacial score (nSPS) is 44.3. The molecule has 0 aromatic heterocycles. The van der Waals surface area contributed by atoms with E-state index in [2.05, 4.69) is 26.6 Å². The SMILES string of the molecule is COC[C@]12CCC(=O)C=C1CC[C@@H]1[C@@H]2CC[C@]2(C)[C@@H](O[Si](C)(C)C)CC[C@@H]12. The monoisotopic (exact) mass is 390 g/mol. The van der Waals surface area contributed by atoms with Gasteiger partial charge in [0.2, 0.25) is 0 Å². The zero-order valence-corrected chi connectivity index (χ0v) is 19.0. The number of hydrogen-bond donors (Lipinski definition) is 0. The van der Waals surface area contributed by atoms with Gasteiger partial charge in [-0.25, -0.2) is 0 Å². The maximum atomic E-state index is 12.1. The fourth-order valence-electron chi connectivity index (χ4n) is 7.46. The highest BCUT2D eigenvalue weighted by Crippen LogP contribution is 2.65. The van der Waals surface area contributed by atoms with E-state index in [4.69, 9.17) is 9.16 Å². The fourth-order valence-corrected chi connectivity index (χ4v) is 8.70. The molecular formula is C23H38O3Si. The van der Waals surface area contributed by atoms with Crippen molar-refractivity contribution >= 4 is 14.1 Å². The van der Waals surface area contributed by atoms with E-state index in [1.54, 1.807) is 0 Å². The molecule has 4 aliphatic carbocycles. The summed E-state index contributed by atoms with van der Waals surface area (Å²) in [6.45, 7) is 10.3. The minimum Gasteiger partial charge on any atom is -0.414 e. The summed E-state index contributed by atoms with van der Waals surface area (Å²) in [6.07, 6.45) is 11.7. The van der Waals surface area contributed by atoms with Crippen LogP contribution >= 0.6 is 0 Å². The third-order valence-corrected chi connectivity index (χ3v) is 9.49. The van der Waals surface area contributed by atoms with Gasteiger partial charge < -0.3 is 9.16 Å². The van der Waals surface area contributed by atoms with Gasteiger partial charge >= 0.3 is 0 Å². The average Bonchev–Trinajstić information content (AvgIpc) is 2.90. The van der Waals surface area contributed by atoms with Gasteiger partial charge in [0.15, 0.2) is 14.1 Å². The maximum Gasteiger partial charge on any atom is 0.184 e. The van der Waals surface area contributed by atoms with Crippen LogP contribution in [0.1, 0.15) is 58.3 Å². The van der Waals surface area contributed by atoms with Gasteiger partial charge in [0.25, 0.3) is 0 Å². The highest BCUT2D eigenvalue weighted by Gasteiger charge is 2.60. The van der Waals surface area contributed by atoms with Crippen molar-refractivity contribution in [3.05, 3.63) is 11.6 Å². The molecular weight excluding hydrogens is 352 g/mol. The van der Waals surface area contributed by atoms with Crippen molar-refractivity contribution in [2.24, 2.45) is 28.6 Å². The summed E-state index contributed by atoms with van der Waals surface area (Å²) in [6, 6.07) is 0. The van der Waals surface area contributed by atoms with Crippen LogP contribution in [-0.2, 0) is 14.0 Å². The molecule has 27 heavy (non-hydrogen) atoms. The molecule has 0 radical (unpaired) electrons. The van der Waals surface area contributed by atoms with Crippen molar-refractivity contribution in [1.82, 2.24) is 0 Å². The minimum absolute atomic E-state index is 0.130. The topological polar surface area (TPSA) is 35.5 Å². The summed E-state index contributed by atoms with van der Waals surface area (Å²) in [7, 11) is 0.321. The van der Waals surface area contributed by atoms with Crippen LogP contribution < -0.4 is 0 Å². The second kappa shape index (κ2) is 6.81. The van der Waals surface area contributed by atoms with E-state index in [0.717, 1.165) is 31.3 Å². The van der Waals surface area contributed by atoms with Crippen molar-refractivity contribution < 1.29 is 14.0 Å². The first-order chi connectivity index (χ1) is 12.7. The predicted molar refractivity (Wildman–Crippen MR) is 111 cm³/mol. The van der Waals surface area contributed by atoms with Crippen LogP contribution in [0.15, 0.2) is 11.6 Å². The molecule has 0 heterocycles. The van der Waals surface area contributed by atoms with Gasteiger partial charge in [0.1, 0.15) is 0 Å². The Morgan fingerprint density at radius 3 is 2.56 bits per heavy atom. The predicted octanol–water partition coefficient (Wildman–Crippen LogP) is 5.36. The van der Waals surface area contributed by atoms with E-state index in [1.807, 2.05) is 13.2 Å². The van der Waals surface area contributed by atoms with Crippen molar-refractivity contribution in [3.8, 4) is 0 Å². The van der Waals surface area contributed by atoms with Crippen LogP contribution in [0.4, 0.5) is 0 Å². The fraction of sp³-hybridized carbons (Fsp3) is 0.870. The van der Waals surface area contributed by atoms with Gasteiger partial charge in [-0.2, -0.15) is 0 Å². The summed E-state index contributed by atoms with van der Waals surface area (Å²) in [5, 5.41) is 0. The Kier molecular flexibility index (Phi) is 5.00. The molecule has 4 aliphatic rings. The zero-order chi connectivity index (χ0) is 19.4. The van der Waals surface area contributed by atoms with E-state index < -0.39 is 8.32 Å². The Morgan fingerprint density at radius 2 is 1.85 bits per heavy atom. The molecule has 0 bridgehead atoms. The number of ketones is 1. The molecule has 0 saturated heterocycles. The van der Waals surface area contributed by atoms with Gasteiger partial charge in [-0.3, -0.25) is 4.79 Å². The van der Waals surface area contributed by atoms with Crippen LogP contribution in [0, 0.1) is 28.6 Å². The lowest BCUT2D eigenvalue weighted by Gasteiger charge is -2.59. The van der Waals surface area contributed by atoms with Crippen LogP contribution in [0.3, 0.4) is 0 Å². The molecule has 3 saturated carbocycles. The molecule has 0 N–H and O–H groups in total. The number of carbonyl (C=O) groups excluding carboxylic acids is 1. The molecule has 4 rings (SSSR count). The lowest BCUT2D eigenvalue weighted by atomic mass is 9.47. The van der Waals surface area contributed by atoms with Gasteiger partial charge in [0, 0.05) is 18.9 Å². The van der Waals surface area contributed by atoms with Crippen LogP contribution in [0.25, 0.3) is 0 Å². The third-order valence-electron chi connectivity index (χ3n) is 8.50. The second-order valence-electron chi connectivity index (χ2n) is 11.0. The molecule has 0 aromatic carbocycles. The van der Waals surface area contributed by atoms with Crippen molar-refractivity contribution in [2.75, 3.05) is 13.7 Å². The quantitative estimate of drug-likeness (QED) is 0.606. The molecule has 4 heteroatoms. The summed E-state index contributed by atoms with van der Waals surface area (Å²) in [4.78, 5) is 12.1. The summed E-state index contributed by atoms with van der Waals surface area (Å²) < 4.78 is 12.5. The Morgan fingerprint density at radius 1 is 1.07 bits per heavy atom. The largest absolute Gasteiger partial charge is 0.414 e. The first-order valence-electron chi connectivity index (χ1n) is 11.1. The molecule has 6 atom stereocenters. The lowest BCUT2D eigenvalue weighted by molar-refractivity contribution is -0.120. The van der Waals surface area contributed by atoms with Gasteiger partial charge in [-0.1, -0.05) is 12.5 Å². The van der Waals surface area contributed by atoms with Gasteiger partial charge in [0.05, 0.1) is 12.7 Å². The standard InChI is InChI=1S/C23H38O3Si/c1-22-12-11-20-18(19(22)8-9-21(22)26-27(3,4)5)7-6-16-14-17(24)10-13-23(16,20)15-25-2/h14,18-21H,6-13,15H2,1-5H3/t18-,19-,20-,21-,22-,23+/m0/s1. The van der Waals surface area contributed by atoms with Crippen LogP contribution in [0.5, 0.6) is 0 Å². The Balaban J connectivity index is 1.63. The van der Waals surface area contributed by atoms with E-state index in [0.29, 0.717) is 29.6 Å². The third kappa shape index (κ3) is 3.20. The molecule has 152 valence electrons. The molecule has 0 aromatic rings. The molecule has 0 spiro atoms. The summed E-state index contributed by atoms with van der Waals surface area (Å²) in [5.74, 6) is 2.58. The van der Waals surface area contributed by atoms with Gasteiger partial charge in [-0.05, 0) is 93.8 Å².